The molecule has 0 aliphatic carbocycles. The van der Waals surface area contributed by atoms with Gasteiger partial charge in [-0.25, -0.2) is 4.39 Å². The highest BCUT2D eigenvalue weighted by atomic mass is 35.5. The monoisotopic (exact) mass is 404 g/mol. The van der Waals surface area contributed by atoms with E-state index in [1.807, 2.05) is 0 Å². The third kappa shape index (κ3) is 3.69. The number of nitrogens with zero attached hydrogens (tertiary/aromatic N) is 1. The van der Waals surface area contributed by atoms with Gasteiger partial charge in [-0.15, -0.1) is 11.8 Å². The first-order chi connectivity index (χ1) is 13.0. The van der Waals surface area contributed by atoms with Crippen LogP contribution >= 0.6 is 23.4 Å². The Bertz CT molecular complexity index is 921. The largest absolute Gasteiger partial charge is 0.345 e. The molecular formula is C20H18ClFN2O2S. The molecule has 1 N–H and O–H groups in total. The van der Waals surface area contributed by atoms with E-state index in [0.29, 0.717) is 29.2 Å². The first-order valence-corrected chi connectivity index (χ1v) is 10.2. The Morgan fingerprint density at radius 3 is 2.89 bits per heavy atom. The van der Waals surface area contributed by atoms with E-state index in [2.05, 4.69) is 5.32 Å². The number of nitrogens with one attached hydrogen (secondary N) is 1. The lowest BCUT2D eigenvalue weighted by molar-refractivity contribution is -0.117. The van der Waals surface area contributed by atoms with Crippen molar-refractivity contribution in [3.63, 3.8) is 0 Å². The first kappa shape index (κ1) is 18.3. The van der Waals surface area contributed by atoms with Crippen LogP contribution in [-0.4, -0.2) is 24.1 Å². The Hall–Kier alpha value is -2.05. The van der Waals surface area contributed by atoms with E-state index >= 15 is 0 Å². The summed E-state index contributed by atoms with van der Waals surface area (Å²) in [5, 5.41) is 3.45. The molecule has 7 heteroatoms. The zero-order valence-electron chi connectivity index (χ0n) is 14.5. The van der Waals surface area contributed by atoms with E-state index in [-0.39, 0.29) is 23.7 Å². The molecule has 0 bridgehead atoms. The lowest BCUT2D eigenvalue weighted by Gasteiger charge is -2.26. The van der Waals surface area contributed by atoms with E-state index in [4.69, 9.17) is 11.6 Å². The maximum atomic E-state index is 13.7. The van der Waals surface area contributed by atoms with Crippen molar-refractivity contribution >= 4 is 40.9 Å². The number of carbonyl (C=O) groups is 2. The lowest BCUT2D eigenvalue weighted by atomic mass is 10.0. The molecule has 0 aromatic heterocycles. The highest BCUT2D eigenvalue weighted by Gasteiger charge is 2.26. The quantitative estimate of drug-likeness (QED) is 0.815. The van der Waals surface area contributed by atoms with Gasteiger partial charge in [-0.3, -0.25) is 9.59 Å². The number of halogens is 2. The summed E-state index contributed by atoms with van der Waals surface area (Å²) in [6, 6.07) is 9.39. The first-order valence-electron chi connectivity index (χ1n) is 8.86. The van der Waals surface area contributed by atoms with Crippen molar-refractivity contribution in [3.05, 3.63) is 58.4 Å². The molecule has 0 radical (unpaired) electrons. The van der Waals surface area contributed by atoms with Crippen LogP contribution in [0.4, 0.5) is 10.1 Å². The molecule has 2 aromatic rings. The molecule has 4 nitrogen and oxygen atoms in total. The topological polar surface area (TPSA) is 49.4 Å². The summed E-state index contributed by atoms with van der Waals surface area (Å²) in [5.41, 5.74) is 1.81. The predicted molar refractivity (Wildman–Crippen MR) is 105 cm³/mol. The minimum absolute atomic E-state index is 0.0168. The van der Waals surface area contributed by atoms with Gasteiger partial charge in [0.2, 0.25) is 5.91 Å². The molecule has 4 rings (SSSR count). The maximum Gasteiger partial charge on any atom is 0.251 e. The zero-order valence-corrected chi connectivity index (χ0v) is 16.1. The van der Waals surface area contributed by atoms with Crippen LogP contribution < -0.4 is 10.2 Å². The van der Waals surface area contributed by atoms with Crippen LogP contribution in [0.2, 0.25) is 5.02 Å². The Morgan fingerprint density at radius 2 is 2.11 bits per heavy atom. The van der Waals surface area contributed by atoms with Gasteiger partial charge in [0.15, 0.2) is 0 Å². The summed E-state index contributed by atoms with van der Waals surface area (Å²) >= 11 is 7.92. The second-order valence-corrected chi connectivity index (χ2v) is 8.20. The van der Waals surface area contributed by atoms with Gasteiger partial charge >= 0.3 is 0 Å². The molecular weight excluding hydrogens is 387 g/mol. The van der Waals surface area contributed by atoms with Gasteiger partial charge in [-0.2, -0.15) is 0 Å². The van der Waals surface area contributed by atoms with Crippen molar-refractivity contribution < 1.29 is 14.0 Å². The minimum atomic E-state index is -0.308. The van der Waals surface area contributed by atoms with Crippen molar-refractivity contribution in [1.82, 2.24) is 5.32 Å². The highest BCUT2D eigenvalue weighted by Crippen LogP contribution is 2.37. The lowest BCUT2D eigenvalue weighted by Crippen LogP contribution is -2.31. The van der Waals surface area contributed by atoms with E-state index in [9.17, 15) is 14.0 Å². The van der Waals surface area contributed by atoms with Gasteiger partial charge < -0.3 is 10.2 Å². The fourth-order valence-electron chi connectivity index (χ4n) is 3.52. The third-order valence-electron chi connectivity index (χ3n) is 4.89. The molecule has 0 spiro atoms. The number of hydrogen-bond acceptors (Lipinski definition) is 3. The number of rotatable bonds is 3. The molecule has 2 aliphatic rings. The molecule has 27 heavy (non-hydrogen) atoms. The normalized spacial score (nSPS) is 19.1. The smallest absolute Gasteiger partial charge is 0.251 e. The van der Waals surface area contributed by atoms with Crippen molar-refractivity contribution in [2.75, 3.05) is 17.2 Å². The summed E-state index contributed by atoms with van der Waals surface area (Å²) in [6.07, 6.45) is 2.01. The van der Waals surface area contributed by atoms with Gasteiger partial charge in [0.25, 0.3) is 5.91 Å². The predicted octanol–water partition coefficient (Wildman–Crippen LogP) is 4.57. The average Bonchev–Trinajstić information content (AvgIpc) is 3.08. The SMILES string of the molecule is O=C(NC1CCSc2ccc(F)cc21)c1ccc(Cl)c(N2CCCC2=O)c1. The standard InChI is InChI=1S/C20H18ClFN2O2S/c21-15-5-3-12(10-17(15)24-8-1-2-19(24)25)20(26)23-16-7-9-27-18-6-4-13(22)11-14(16)18/h3-6,10-11,16H,1-2,7-9H2,(H,23,26). The molecule has 1 atom stereocenters. The summed E-state index contributed by atoms with van der Waals surface area (Å²) in [7, 11) is 0. The molecule has 0 saturated carbocycles. The summed E-state index contributed by atoms with van der Waals surface area (Å²) in [5.74, 6) is 0.309. The van der Waals surface area contributed by atoms with Crippen molar-refractivity contribution in [1.29, 1.82) is 0 Å². The molecule has 1 saturated heterocycles. The zero-order chi connectivity index (χ0) is 19.0. The Morgan fingerprint density at radius 1 is 1.26 bits per heavy atom. The molecule has 1 unspecified atom stereocenters. The number of anilines is 1. The number of fused-ring (bicyclic) bond motifs is 1. The summed E-state index contributed by atoms with van der Waals surface area (Å²) in [6.45, 7) is 0.607. The van der Waals surface area contributed by atoms with Gasteiger partial charge in [0, 0.05) is 29.2 Å². The second kappa shape index (κ2) is 7.52. The number of benzene rings is 2. The number of carbonyl (C=O) groups excluding carboxylic acids is 2. The van der Waals surface area contributed by atoms with E-state index in [1.165, 1.54) is 12.1 Å². The summed E-state index contributed by atoms with van der Waals surface area (Å²) < 4.78 is 13.7. The van der Waals surface area contributed by atoms with Crippen molar-refractivity contribution in [2.24, 2.45) is 0 Å². The molecule has 2 heterocycles. The maximum absolute atomic E-state index is 13.7. The number of thioether (sulfide) groups is 1. The van der Waals surface area contributed by atoms with Gasteiger partial charge in [-0.1, -0.05) is 11.6 Å². The van der Waals surface area contributed by atoms with Gasteiger partial charge in [0.05, 0.1) is 16.8 Å². The van der Waals surface area contributed by atoms with E-state index in [0.717, 1.165) is 29.1 Å². The minimum Gasteiger partial charge on any atom is -0.345 e. The Balaban J connectivity index is 1.58. The van der Waals surface area contributed by atoms with Crippen LogP contribution in [0.15, 0.2) is 41.3 Å². The Kier molecular flexibility index (Phi) is 5.10. The fourth-order valence-corrected chi connectivity index (χ4v) is 4.85. The Labute approximate surface area is 166 Å². The van der Waals surface area contributed by atoms with Gasteiger partial charge in [-0.05, 0) is 54.8 Å². The number of hydrogen-bond donors (Lipinski definition) is 1. The van der Waals surface area contributed by atoms with Crippen LogP contribution in [0.25, 0.3) is 0 Å². The molecule has 1 fully saturated rings. The second-order valence-electron chi connectivity index (χ2n) is 6.66. The molecule has 2 aromatic carbocycles. The van der Waals surface area contributed by atoms with Crippen molar-refractivity contribution in [2.45, 2.75) is 30.2 Å². The van der Waals surface area contributed by atoms with E-state index in [1.54, 1.807) is 40.9 Å². The average molecular weight is 405 g/mol. The molecule has 2 amide bonds. The van der Waals surface area contributed by atoms with E-state index < -0.39 is 0 Å². The van der Waals surface area contributed by atoms with Crippen LogP contribution in [0.1, 0.15) is 41.2 Å². The molecule has 140 valence electrons. The third-order valence-corrected chi connectivity index (χ3v) is 6.33. The summed E-state index contributed by atoms with van der Waals surface area (Å²) in [4.78, 5) is 27.5. The molecule has 2 aliphatic heterocycles. The van der Waals surface area contributed by atoms with Crippen LogP contribution in [-0.2, 0) is 4.79 Å². The van der Waals surface area contributed by atoms with Crippen LogP contribution in [0, 0.1) is 5.82 Å². The van der Waals surface area contributed by atoms with Crippen LogP contribution in [0.3, 0.4) is 0 Å². The number of amides is 2. The highest BCUT2D eigenvalue weighted by molar-refractivity contribution is 7.99. The fraction of sp³-hybridized carbons (Fsp3) is 0.300. The van der Waals surface area contributed by atoms with Crippen molar-refractivity contribution in [3.8, 4) is 0 Å². The van der Waals surface area contributed by atoms with Gasteiger partial charge in [0.1, 0.15) is 5.82 Å². The van der Waals surface area contributed by atoms with Crippen LogP contribution in [0.5, 0.6) is 0 Å².